The normalized spacial score (nSPS) is 10.1. The SMILES string of the molecule is N#Cc1cc(F)cc(CSc2cccc(F)c2)c1. The molecule has 1 nitrogen and oxygen atoms in total. The van der Waals surface area contributed by atoms with E-state index in [1.54, 1.807) is 18.2 Å². The Hall–Kier alpha value is -1.86. The first-order valence-corrected chi connectivity index (χ1v) is 6.24. The summed E-state index contributed by atoms with van der Waals surface area (Å²) in [5.74, 6) is -0.226. The third kappa shape index (κ3) is 3.31. The van der Waals surface area contributed by atoms with Crippen molar-refractivity contribution in [2.24, 2.45) is 0 Å². The number of rotatable bonds is 3. The third-order valence-corrected chi connectivity index (χ3v) is 3.35. The van der Waals surface area contributed by atoms with E-state index >= 15 is 0 Å². The summed E-state index contributed by atoms with van der Waals surface area (Å²) < 4.78 is 26.1. The molecule has 2 aromatic rings. The molecule has 18 heavy (non-hydrogen) atoms. The van der Waals surface area contributed by atoms with Gasteiger partial charge in [-0.05, 0) is 42.0 Å². The predicted molar refractivity (Wildman–Crippen MR) is 67.1 cm³/mol. The standard InChI is InChI=1S/C14H9F2NS/c15-12-2-1-3-14(7-12)18-9-11-4-10(8-17)5-13(16)6-11/h1-7H,9H2. The van der Waals surface area contributed by atoms with Crippen LogP contribution in [0.1, 0.15) is 11.1 Å². The minimum absolute atomic E-state index is 0.294. The number of hydrogen-bond donors (Lipinski definition) is 0. The van der Waals surface area contributed by atoms with E-state index in [1.165, 1.54) is 36.0 Å². The van der Waals surface area contributed by atoms with Crippen LogP contribution in [-0.2, 0) is 5.75 Å². The van der Waals surface area contributed by atoms with Crippen LogP contribution in [0.15, 0.2) is 47.4 Å². The molecule has 0 aliphatic heterocycles. The van der Waals surface area contributed by atoms with Gasteiger partial charge >= 0.3 is 0 Å². The van der Waals surface area contributed by atoms with Gasteiger partial charge in [-0.15, -0.1) is 11.8 Å². The Morgan fingerprint density at radius 3 is 2.61 bits per heavy atom. The lowest BCUT2D eigenvalue weighted by molar-refractivity contribution is 0.624. The van der Waals surface area contributed by atoms with Crippen LogP contribution in [0, 0.1) is 23.0 Å². The molecule has 0 atom stereocenters. The zero-order chi connectivity index (χ0) is 13.0. The van der Waals surface area contributed by atoms with Gasteiger partial charge in [-0.1, -0.05) is 6.07 Å². The maximum atomic E-state index is 13.2. The molecular weight excluding hydrogens is 252 g/mol. The summed E-state index contributed by atoms with van der Waals surface area (Å²) in [7, 11) is 0. The number of nitrogens with zero attached hydrogens (tertiary/aromatic N) is 1. The molecule has 0 heterocycles. The molecule has 4 heteroatoms. The maximum Gasteiger partial charge on any atom is 0.124 e. The summed E-state index contributed by atoms with van der Waals surface area (Å²) in [5, 5.41) is 8.74. The summed E-state index contributed by atoms with van der Waals surface area (Å²) in [6, 6.07) is 12.3. The van der Waals surface area contributed by atoms with Crippen molar-refractivity contribution in [2.75, 3.05) is 0 Å². The van der Waals surface area contributed by atoms with Crippen molar-refractivity contribution >= 4 is 11.8 Å². The highest BCUT2D eigenvalue weighted by atomic mass is 32.2. The highest BCUT2D eigenvalue weighted by Gasteiger charge is 2.02. The molecule has 2 rings (SSSR count). The fraction of sp³-hybridized carbons (Fsp3) is 0.0714. The molecule has 0 radical (unpaired) electrons. The van der Waals surface area contributed by atoms with Crippen LogP contribution in [0.5, 0.6) is 0 Å². The molecule has 2 aromatic carbocycles. The largest absolute Gasteiger partial charge is 0.207 e. The maximum absolute atomic E-state index is 13.2. The molecule has 0 amide bonds. The van der Waals surface area contributed by atoms with Gasteiger partial charge in [0.2, 0.25) is 0 Å². The van der Waals surface area contributed by atoms with E-state index < -0.39 is 5.82 Å². The Balaban J connectivity index is 2.11. The first kappa shape index (κ1) is 12.6. The van der Waals surface area contributed by atoms with Crippen LogP contribution >= 0.6 is 11.8 Å². The van der Waals surface area contributed by atoms with Gasteiger partial charge < -0.3 is 0 Å². The minimum atomic E-state index is -0.427. The Bertz CT molecular complexity index is 605. The number of hydrogen-bond acceptors (Lipinski definition) is 2. The molecule has 90 valence electrons. The van der Waals surface area contributed by atoms with E-state index in [0.717, 1.165) is 4.90 Å². The van der Waals surface area contributed by atoms with Crippen molar-refractivity contribution in [3.05, 3.63) is 65.2 Å². The van der Waals surface area contributed by atoms with Crippen molar-refractivity contribution in [1.29, 1.82) is 5.26 Å². The van der Waals surface area contributed by atoms with Gasteiger partial charge in [0, 0.05) is 10.6 Å². The van der Waals surface area contributed by atoms with Crippen LogP contribution in [0.3, 0.4) is 0 Å². The van der Waals surface area contributed by atoms with E-state index in [9.17, 15) is 8.78 Å². The smallest absolute Gasteiger partial charge is 0.124 e. The van der Waals surface area contributed by atoms with Gasteiger partial charge in [-0.2, -0.15) is 5.26 Å². The summed E-state index contributed by atoms with van der Waals surface area (Å²) in [5.41, 5.74) is 1.01. The van der Waals surface area contributed by atoms with Crippen LogP contribution in [-0.4, -0.2) is 0 Å². The molecular formula is C14H9F2NS. The van der Waals surface area contributed by atoms with E-state index in [0.29, 0.717) is 16.9 Å². The van der Waals surface area contributed by atoms with Gasteiger partial charge in [0.1, 0.15) is 11.6 Å². The molecule has 0 saturated carbocycles. The van der Waals surface area contributed by atoms with Crippen molar-refractivity contribution in [3.63, 3.8) is 0 Å². The molecule has 0 spiro atoms. The number of halogens is 2. The first-order chi connectivity index (χ1) is 8.67. The molecule has 0 aliphatic rings. The van der Waals surface area contributed by atoms with Crippen molar-refractivity contribution in [3.8, 4) is 6.07 Å². The highest BCUT2D eigenvalue weighted by Crippen LogP contribution is 2.24. The van der Waals surface area contributed by atoms with Gasteiger partial charge in [0.15, 0.2) is 0 Å². The molecule has 0 bridgehead atoms. The van der Waals surface area contributed by atoms with Crippen LogP contribution in [0.4, 0.5) is 8.78 Å². The zero-order valence-electron chi connectivity index (χ0n) is 9.36. The fourth-order valence-corrected chi connectivity index (χ4v) is 2.39. The summed E-state index contributed by atoms with van der Waals surface area (Å²) in [6.45, 7) is 0. The zero-order valence-corrected chi connectivity index (χ0v) is 10.2. The monoisotopic (exact) mass is 261 g/mol. The number of benzene rings is 2. The summed E-state index contributed by atoms with van der Waals surface area (Å²) in [6.07, 6.45) is 0. The quantitative estimate of drug-likeness (QED) is 0.776. The van der Waals surface area contributed by atoms with Crippen molar-refractivity contribution < 1.29 is 8.78 Å². The lowest BCUT2D eigenvalue weighted by atomic mass is 10.1. The Morgan fingerprint density at radius 1 is 1.06 bits per heavy atom. The average molecular weight is 261 g/mol. The molecule has 0 unspecified atom stereocenters. The van der Waals surface area contributed by atoms with E-state index in [4.69, 9.17) is 5.26 Å². The lowest BCUT2D eigenvalue weighted by Gasteiger charge is -2.03. The summed E-state index contributed by atoms with van der Waals surface area (Å²) in [4.78, 5) is 0.776. The molecule has 0 N–H and O–H groups in total. The Labute approximate surface area is 108 Å². The number of nitriles is 1. The minimum Gasteiger partial charge on any atom is -0.207 e. The van der Waals surface area contributed by atoms with Gasteiger partial charge in [-0.3, -0.25) is 0 Å². The fourth-order valence-electron chi connectivity index (χ4n) is 1.52. The molecule has 0 aliphatic carbocycles. The predicted octanol–water partition coefficient (Wildman–Crippen LogP) is 4.13. The Kier molecular flexibility index (Phi) is 3.96. The average Bonchev–Trinajstić information content (AvgIpc) is 2.36. The van der Waals surface area contributed by atoms with E-state index in [-0.39, 0.29) is 5.82 Å². The van der Waals surface area contributed by atoms with E-state index in [2.05, 4.69) is 0 Å². The van der Waals surface area contributed by atoms with Crippen LogP contribution in [0.2, 0.25) is 0 Å². The van der Waals surface area contributed by atoms with Gasteiger partial charge in [0.25, 0.3) is 0 Å². The van der Waals surface area contributed by atoms with Crippen LogP contribution in [0.25, 0.3) is 0 Å². The number of thioether (sulfide) groups is 1. The lowest BCUT2D eigenvalue weighted by Crippen LogP contribution is -1.87. The Morgan fingerprint density at radius 2 is 1.89 bits per heavy atom. The van der Waals surface area contributed by atoms with Gasteiger partial charge in [0.05, 0.1) is 11.6 Å². The second kappa shape index (κ2) is 5.65. The van der Waals surface area contributed by atoms with Crippen molar-refractivity contribution in [2.45, 2.75) is 10.6 Å². The van der Waals surface area contributed by atoms with E-state index in [1.807, 2.05) is 6.07 Å². The topological polar surface area (TPSA) is 23.8 Å². The van der Waals surface area contributed by atoms with Gasteiger partial charge in [-0.25, -0.2) is 8.78 Å². The first-order valence-electron chi connectivity index (χ1n) is 5.25. The van der Waals surface area contributed by atoms with Crippen molar-refractivity contribution in [1.82, 2.24) is 0 Å². The molecule has 0 fully saturated rings. The summed E-state index contributed by atoms with van der Waals surface area (Å²) >= 11 is 1.40. The molecule has 0 aromatic heterocycles. The highest BCUT2D eigenvalue weighted by molar-refractivity contribution is 7.98. The molecule has 0 saturated heterocycles. The third-order valence-electron chi connectivity index (χ3n) is 2.29. The van der Waals surface area contributed by atoms with Crippen LogP contribution < -0.4 is 0 Å². The second-order valence-electron chi connectivity index (χ2n) is 3.71. The second-order valence-corrected chi connectivity index (χ2v) is 4.75.